The Kier molecular flexibility index (Phi) is 4.57. The molecular weight excluding hydrogens is 310 g/mol. The van der Waals surface area contributed by atoms with Gasteiger partial charge < -0.3 is 15.5 Å². The molecule has 3 N–H and O–H groups in total. The maximum absolute atomic E-state index is 9.33. The predicted molar refractivity (Wildman–Crippen MR) is 77.9 cm³/mol. The molecule has 2 aromatic rings. The van der Waals surface area contributed by atoms with Crippen molar-refractivity contribution in [3.63, 3.8) is 0 Å². The summed E-state index contributed by atoms with van der Waals surface area (Å²) < 4.78 is 2.73. The first kappa shape index (κ1) is 14.0. The summed E-state index contributed by atoms with van der Waals surface area (Å²) in [7, 11) is 1.88. The highest BCUT2D eigenvalue weighted by Gasteiger charge is 2.09. The lowest BCUT2D eigenvalue weighted by molar-refractivity contribution is 0.105. The molecule has 1 heterocycles. The molecule has 1 unspecified atom stereocenters. The van der Waals surface area contributed by atoms with Gasteiger partial charge in [0.2, 0.25) is 0 Å². The first-order valence-corrected chi connectivity index (χ1v) is 6.72. The molecule has 0 aliphatic heterocycles. The van der Waals surface area contributed by atoms with E-state index < -0.39 is 6.10 Å². The Bertz CT molecular complexity index is 537. The van der Waals surface area contributed by atoms with Crippen molar-refractivity contribution >= 4 is 21.6 Å². The van der Waals surface area contributed by atoms with Crippen molar-refractivity contribution in [1.29, 1.82) is 0 Å². The Balaban J connectivity index is 2.20. The van der Waals surface area contributed by atoms with Crippen molar-refractivity contribution in [2.75, 3.05) is 18.5 Å². The van der Waals surface area contributed by atoms with Crippen LogP contribution in [-0.4, -0.2) is 39.2 Å². The summed E-state index contributed by atoms with van der Waals surface area (Å²) >= 11 is 3.47. The zero-order valence-electron chi connectivity index (χ0n) is 10.5. The van der Waals surface area contributed by atoms with E-state index in [-0.39, 0.29) is 6.61 Å². The van der Waals surface area contributed by atoms with Gasteiger partial charge in [-0.15, -0.1) is 0 Å². The quantitative estimate of drug-likeness (QED) is 0.781. The molecule has 2 rings (SSSR count). The number of nitrogens with zero attached hydrogens (tertiary/aromatic N) is 2. The number of anilines is 1. The molecule has 0 saturated carbocycles. The number of hydrogen-bond donors (Lipinski definition) is 3. The van der Waals surface area contributed by atoms with Crippen molar-refractivity contribution in [2.45, 2.75) is 6.10 Å². The van der Waals surface area contributed by atoms with E-state index >= 15 is 0 Å². The highest BCUT2D eigenvalue weighted by Crippen LogP contribution is 2.28. The summed E-state index contributed by atoms with van der Waals surface area (Å²) in [4.78, 5) is 0. The van der Waals surface area contributed by atoms with Crippen LogP contribution in [0.3, 0.4) is 0 Å². The standard InChI is InChI=1S/C13H16BrN3O2/c1-17-13(12(14)7-16-17)9-3-2-4-10(5-9)15-6-11(19)8-18/h2-5,7,11,15,18-19H,6,8H2,1H3. The highest BCUT2D eigenvalue weighted by atomic mass is 79.9. The van der Waals surface area contributed by atoms with Crippen molar-refractivity contribution in [3.05, 3.63) is 34.9 Å². The van der Waals surface area contributed by atoms with E-state index in [0.29, 0.717) is 6.54 Å². The Hall–Kier alpha value is -1.37. The van der Waals surface area contributed by atoms with Crippen molar-refractivity contribution in [2.24, 2.45) is 7.05 Å². The highest BCUT2D eigenvalue weighted by molar-refractivity contribution is 9.10. The summed E-state index contributed by atoms with van der Waals surface area (Å²) in [6.07, 6.45) is 0.998. The molecule has 0 bridgehead atoms. The minimum absolute atomic E-state index is 0.250. The SMILES string of the molecule is Cn1ncc(Br)c1-c1cccc(NCC(O)CO)c1. The van der Waals surface area contributed by atoms with Crippen LogP contribution < -0.4 is 5.32 Å². The van der Waals surface area contributed by atoms with E-state index in [1.54, 1.807) is 10.9 Å². The third-order valence-electron chi connectivity index (χ3n) is 2.78. The van der Waals surface area contributed by atoms with Gasteiger partial charge in [0, 0.05) is 24.8 Å². The molecule has 1 aromatic carbocycles. The Morgan fingerprint density at radius 2 is 2.26 bits per heavy atom. The van der Waals surface area contributed by atoms with E-state index in [1.807, 2.05) is 31.3 Å². The third-order valence-corrected chi connectivity index (χ3v) is 3.36. The second-order valence-electron chi connectivity index (χ2n) is 4.26. The van der Waals surface area contributed by atoms with E-state index in [1.165, 1.54) is 0 Å². The average molecular weight is 326 g/mol. The fourth-order valence-corrected chi connectivity index (χ4v) is 2.39. The predicted octanol–water partition coefficient (Wildman–Crippen LogP) is 1.61. The number of aliphatic hydroxyl groups excluding tert-OH is 2. The average Bonchev–Trinajstić information content (AvgIpc) is 2.75. The summed E-state index contributed by atoms with van der Waals surface area (Å²) in [6, 6.07) is 7.82. The van der Waals surface area contributed by atoms with Crippen LogP contribution in [0.2, 0.25) is 0 Å². The second kappa shape index (κ2) is 6.18. The molecule has 1 aromatic heterocycles. The zero-order valence-corrected chi connectivity index (χ0v) is 12.1. The smallest absolute Gasteiger partial charge is 0.0942 e. The topological polar surface area (TPSA) is 70.3 Å². The fraction of sp³-hybridized carbons (Fsp3) is 0.308. The number of aryl methyl sites for hydroxylation is 1. The van der Waals surface area contributed by atoms with Gasteiger partial charge in [0.15, 0.2) is 0 Å². The van der Waals surface area contributed by atoms with Gasteiger partial charge >= 0.3 is 0 Å². The lowest BCUT2D eigenvalue weighted by Gasteiger charge is -2.11. The molecule has 0 spiro atoms. The minimum Gasteiger partial charge on any atom is -0.394 e. The van der Waals surface area contributed by atoms with Crippen molar-refractivity contribution in [1.82, 2.24) is 9.78 Å². The first-order valence-electron chi connectivity index (χ1n) is 5.92. The summed E-state index contributed by atoms with van der Waals surface area (Å²) in [5.74, 6) is 0. The summed E-state index contributed by atoms with van der Waals surface area (Å²) in [6.45, 7) is 0.0620. The molecular formula is C13H16BrN3O2. The van der Waals surface area contributed by atoms with Crippen molar-refractivity contribution in [3.8, 4) is 11.3 Å². The van der Waals surface area contributed by atoms with Crippen LogP contribution >= 0.6 is 15.9 Å². The van der Waals surface area contributed by atoms with E-state index in [9.17, 15) is 5.11 Å². The molecule has 0 aliphatic rings. The fourth-order valence-electron chi connectivity index (χ4n) is 1.81. The van der Waals surface area contributed by atoms with Gasteiger partial charge in [-0.25, -0.2) is 0 Å². The number of benzene rings is 1. The number of nitrogens with one attached hydrogen (secondary N) is 1. The van der Waals surface area contributed by atoms with Gasteiger partial charge in [0.05, 0.1) is 29.1 Å². The largest absolute Gasteiger partial charge is 0.394 e. The molecule has 0 amide bonds. The van der Waals surface area contributed by atoms with E-state index in [2.05, 4.69) is 26.3 Å². The van der Waals surface area contributed by atoms with Crippen LogP contribution in [0.4, 0.5) is 5.69 Å². The van der Waals surface area contributed by atoms with Crippen molar-refractivity contribution < 1.29 is 10.2 Å². The second-order valence-corrected chi connectivity index (χ2v) is 5.12. The number of aromatic nitrogens is 2. The van der Waals surface area contributed by atoms with Gasteiger partial charge in [-0.05, 0) is 28.1 Å². The molecule has 0 fully saturated rings. The third kappa shape index (κ3) is 3.34. The van der Waals surface area contributed by atoms with Crippen LogP contribution in [0.5, 0.6) is 0 Å². The normalized spacial score (nSPS) is 12.4. The van der Waals surface area contributed by atoms with Gasteiger partial charge in [-0.2, -0.15) is 5.10 Å². The Morgan fingerprint density at radius 3 is 2.89 bits per heavy atom. The molecule has 102 valence electrons. The maximum Gasteiger partial charge on any atom is 0.0942 e. The summed E-state index contributed by atoms with van der Waals surface area (Å²) in [5.41, 5.74) is 2.90. The Morgan fingerprint density at radius 1 is 1.47 bits per heavy atom. The van der Waals surface area contributed by atoms with Gasteiger partial charge in [0.25, 0.3) is 0 Å². The number of hydrogen-bond acceptors (Lipinski definition) is 4. The monoisotopic (exact) mass is 325 g/mol. The maximum atomic E-state index is 9.33. The van der Waals surface area contributed by atoms with E-state index in [0.717, 1.165) is 21.4 Å². The molecule has 5 nitrogen and oxygen atoms in total. The lowest BCUT2D eigenvalue weighted by atomic mass is 10.1. The molecule has 1 atom stereocenters. The Labute approximate surface area is 120 Å². The molecule has 6 heteroatoms. The van der Waals surface area contributed by atoms with Gasteiger partial charge in [0.1, 0.15) is 0 Å². The minimum atomic E-state index is -0.757. The zero-order chi connectivity index (χ0) is 13.8. The van der Waals surface area contributed by atoms with Crippen LogP contribution in [0.25, 0.3) is 11.3 Å². The molecule has 19 heavy (non-hydrogen) atoms. The first-order chi connectivity index (χ1) is 9.11. The number of rotatable bonds is 5. The summed E-state index contributed by atoms with van der Waals surface area (Å²) in [5, 5.41) is 25.4. The van der Waals surface area contributed by atoms with Gasteiger partial charge in [-0.1, -0.05) is 12.1 Å². The lowest BCUT2D eigenvalue weighted by Crippen LogP contribution is -2.22. The van der Waals surface area contributed by atoms with E-state index in [4.69, 9.17) is 5.11 Å². The van der Waals surface area contributed by atoms with Crippen LogP contribution in [0, 0.1) is 0 Å². The van der Waals surface area contributed by atoms with Gasteiger partial charge in [-0.3, -0.25) is 4.68 Å². The van der Waals surface area contributed by atoms with Crippen LogP contribution in [0.15, 0.2) is 34.9 Å². The molecule has 0 saturated heterocycles. The van der Waals surface area contributed by atoms with Crippen LogP contribution in [0.1, 0.15) is 0 Å². The number of halogens is 1. The van der Waals surface area contributed by atoms with Crippen LogP contribution in [-0.2, 0) is 7.05 Å². The molecule has 0 aliphatic carbocycles. The number of aliphatic hydroxyl groups is 2. The molecule has 0 radical (unpaired) electrons.